The summed E-state index contributed by atoms with van der Waals surface area (Å²) < 4.78 is 5.18. The highest BCUT2D eigenvalue weighted by atomic mass is 16.5. The first kappa shape index (κ1) is 14.7. The number of unbranched alkanes of at least 4 members (excludes halogenated alkanes) is 4. The normalized spacial score (nSPS) is 10.3. The first-order valence-electron chi connectivity index (χ1n) is 6.63. The van der Waals surface area contributed by atoms with Crippen molar-refractivity contribution in [3.8, 4) is 0 Å². The molecule has 0 spiro atoms. The molecule has 1 N–H and O–H groups in total. The molecule has 0 aliphatic rings. The zero-order valence-corrected chi connectivity index (χ0v) is 10.8. The average molecular weight is 250 g/mol. The van der Waals surface area contributed by atoms with Crippen molar-refractivity contribution in [2.24, 2.45) is 0 Å². The Balaban J connectivity index is 2.01. The van der Waals surface area contributed by atoms with Gasteiger partial charge in [0.05, 0.1) is 0 Å². The highest BCUT2D eigenvalue weighted by molar-refractivity contribution is 5.69. The maximum absolute atomic E-state index is 11.4. The number of rotatable bonds is 9. The topological polar surface area (TPSA) is 46.5 Å². The van der Waals surface area contributed by atoms with Gasteiger partial charge in [0.25, 0.3) is 0 Å². The molecule has 0 saturated heterocycles. The van der Waals surface area contributed by atoms with E-state index in [4.69, 9.17) is 9.84 Å². The second kappa shape index (κ2) is 9.66. The molecule has 1 rings (SSSR count). The Bertz CT molecular complexity index is 322. The molecule has 1 aromatic carbocycles. The molecular formula is C15H22O3. The molecule has 0 amide bonds. The second-order valence-corrected chi connectivity index (χ2v) is 4.39. The van der Waals surface area contributed by atoms with E-state index in [0.717, 1.165) is 37.7 Å². The smallest absolute Gasteiger partial charge is 0.306 e. The van der Waals surface area contributed by atoms with Crippen LogP contribution in [0.5, 0.6) is 0 Å². The van der Waals surface area contributed by atoms with Crippen LogP contribution in [0.2, 0.25) is 0 Å². The zero-order valence-electron chi connectivity index (χ0n) is 10.8. The fourth-order valence-electron chi connectivity index (χ4n) is 1.72. The Labute approximate surface area is 109 Å². The van der Waals surface area contributed by atoms with Crippen LogP contribution in [0.15, 0.2) is 30.3 Å². The summed E-state index contributed by atoms with van der Waals surface area (Å²) in [4.78, 5) is 11.4. The van der Waals surface area contributed by atoms with Gasteiger partial charge in [-0.25, -0.2) is 0 Å². The van der Waals surface area contributed by atoms with Gasteiger partial charge < -0.3 is 9.84 Å². The summed E-state index contributed by atoms with van der Waals surface area (Å²) in [6, 6.07) is 9.71. The van der Waals surface area contributed by atoms with Gasteiger partial charge in [-0.1, -0.05) is 49.6 Å². The molecule has 0 radical (unpaired) electrons. The first-order valence-corrected chi connectivity index (χ1v) is 6.63. The van der Waals surface area contributed by atoms with E-state index in [1.807, 2.05) is 30.3 Å². The molecular weight excluding hydrogens is 228 g/mol. The van der Waals surface area contributed by atoms with Crippen molar-refractivity contribution in [1.82, 2.24) is 0 Å². The Kier molecular flexibility index (Phi) is 7.89. The molecule has 0 aliphatic heterocycles. The second-order valence-electron chi connectivity index (χ2n) is 4.39. The van der Waals surface area contributed by atoms with E-state index in [2.05, 4.69) is 0 Å². The zero-order chi connectivity index (χ0) is 13.1. The minimum Gasteiger partial charge on any atom is -0.461 e. The van der Waals surface area contributed by atoms with Crippen molar-refractivity contribution in [1.29, 1.82) is 0 Å². The summed E-state index contributed by atoms with van der Waals surface area (Å²) in [6.07, 6.45) is 5.37. The van der Waals surface area contributed by atoms with Crippen LogP contribution in [0.4, 0.5) is 0 Å². The van der Waals surface area contributed by atoms with Crippen LogP contribution in [0, 0.1) is 0 Å². The SMILES string of the molecule is O=C(CCCCCCCO)OCc1ccccc1. The third kappa shape index (κ3) is 7.07. The monoisotopic (exact) mass is 250 g/mol. The molecule has 18 heavy (non-hydrogen) atoms. The highest BCUT2D eigenvalue weighted by Crippen LogP contribution is 2.07. The summed E-state index contributed by atoms with van der Waals surface area (Å²) in [6.45, 7) is 0.628. The van der Waals surface area contributed by atoms with Crippen LogP contribution >= 0.6 is 0 Å². The van der Waals surface area contributed by atoms with Crippen molar-refractivity contribution in [2.75, 3.05) is 6.61 Å². The van der Waals surface area contributed by atoms with E-state index >= 15 is 0 Å². The van der Waals surface area contributed by atoms with E-state index < -0.39 is 0 Å². The predicted octanol–water partition coefficient (Wildman–Crippen LogP) is 3.06. The van der Waals surface area contributed by atoms with Gasteiger partial charge in [-0.2, -0.15) is 0 Å². The Morgan fingerprint density at radius 1 is 1.00 bits per heavy atom. The number of esters is 1. The fourth-order valence-corrected chi connectivity index (χ4v) is 1.72. The molecule has 0 atom stereocenters. The van der Waals surface area contributed by atoms with Gasteiger partial charge in [0, 0.05) is 13.0 Å². The highest BCUT2D eigenvalue weighted by Gasteiger charge is 2.02. The quantitative estimate of drug-likeness (QED) is 0.541. The number of carbonyl (C=O) groups excluding carboxylic acids is 1. The molecule has 1 aromatic rings. The summed E-state index contributed by atoms with van der Waals surface area (Å²) in [7, 11) is 0. The fraction of sp³-hybridized carbons (Fsp3) is 0.533. The van der Waals surface area contributed by atoms with E-state index in [1.54, 1.807) is 0 Å². The van der Waals surface area contributed by atoms with Crippen molar-refractivity contribution < 1.29 is 14.6 Å². The minimum absolute atomic E-state index is 0.124. The number of aliphatic hydroxyl groups is 1. The van der Waals surface area contributed by atoms with Crippen LogP contribution in [0.25, 0.3) is 0 Å². The molecule has 0 aliphatic carbocycles. The number of hydrogen-bond donors (Lipinski definition) is 1. The maximum atomic E-state index is 11.4. The number of aliphatic hydroxyl groups excluding tert-OH is 1. The lowest BCUT2D eigenvalue weighted by Crippen LogP contribution is -2.04. The van der Waals surface area contributed by atoms with Gasteiger partial charge in [0.15, 0.2) is 0 Å². The molecule has 0 bridgehead atoms. The lowest BCUT2D eigenvalue weighted by molar-refractivity contribution is -0.145. The van der Waals surface area contributed by atoms with Gasteiger partial charge >= 0.3 is 5.97 Å². The van der Waals surface area contributed by atoms with Crippen LogP contribution in [-0.2, 0) is 16.1 Å². The first-order chi connectivity index (χ1) is 8.83. The summed E-state index contributed by atoms with van der Waals surface area (Å²) in [5.74, 6) is -0.124. The van der Waals surface area contributed by atoms with Gasteiger partial charge in [0.1, 0.15) is 6.61 Å². The Morgan fingerprint density at radius 2 is 1.67 bits per heavy atom. The molecule has 0 fully saturated rings. The summed E-state index contributed by atoms with van der Waals surface area (Å²) in [5.41, 5.74) is 1.02. The molecule has 3 heteroatoms. The van der Waals surface area contributed by atoms with E-state index in [9.17, 15) is 4.79 Å². The van der Waals surface area contributed by atoms with Gasteiger partial charge in [-0.15, -0.1) is 0 Å². The van der Waals surface area contributed by atoms with Crippen LogP contribution in [-0.4, -0.2) is 17.7 Å². The molecule has 100 valence electrons. The van der Waals surface area contributed by atoms with Gasteiger partial charge in [0.2, 0.25) is 0 Å². The Morgan fingerprint density at radius 3 is 2.39 bits per heavy atom. The molecule has 0 unspecified atom stereocenters. The lowest BCUT2D eigenvalue weighted by atomic mass is 10.1. The molecule has 0 saturated carbocycles. The summed E-state index contributed by atoms with van der Waals surface area (Å²) in [5, 5.41) is 8.62. The average Bonchev–Trinajstić information content (AvgIpc) is 2.41. The molecule has 0 heterocycles. The van der Waals surface area contributed by atoms with Crippen molar-refractivity contribution in [3.05, 3.63) is 35.9 Å². The van der Waals surface area contributed by atoms with Crippen LogP contribution in [0.1, 0.15) is 44.1 Å². The number of ether oxygens (including phenoxy) is 1. The number of carbonyl (C=O) groups is 1. The molecule has 0 aromatic heterocycles. The van der Waals surface area contributed by atoms with Crippen LogP contribution in [0.3, 0.4) is 0 Å². The van der Waals surface area contributed by atoms with Gasteiger partial charge in [-0.3, -0.25) is 4.79 Å². The minimum atomic E-state index is -0.124. The number of benzene rings is 1. The van der Waals surface area contributed by atoms with E-state index in [0.29, 0.717) is 13.0 Å². The predicted molar refractivity (Wildman–Crippen MR) is 71.0 cm³/mol. The van der Waals surface area contributed by atoms with E-state index in [1.165, 1.54) is 0 Å². The van der Waals surface area contributed by atoms with Crippen molar-refractivity contribution in [3.63, 3.8) is 0 Å². The third-order valence-corrected chi connectivity index (χ3v) is 2.78. The van der Waals surface area contributed by atoms with Crippen molar-refractivity contribution in [2.45, 2.75) is 45.1 Å². The standard InChI is InChI=1S/C15H22O3/c16-12-8-3-1-2-7-11-15(17)18-13-14-9-5-4-6-10-14/h4-6,9-10,16H,1-3,7-8,11-13H2. The Hall–Kier alpha value is -1.35. The largest absolute Gasteiger partial charge is 0.461 e. The maximum Gasteiger partial charge on any atom is 0.306 e. The lowest BCUT2D eigenvalue weighted by Gasteiger charge is -2.04. The third-order valence-electron chi connectivity index (χ3n) is 2.78. The molecule has 3 nitrogen and oxygen atoms in total. The van der Waals surface area contributed by atoms with Crippen molar-refractivity contribution >= 4 is 5.97 Å². The summed E-state index contributed by atoms with van der Waals surface area (Å²) >= 11 is 0. The van der Waals surface area contributed by atoms with E-state index in [-0.39, 0.29) is 12.6 Å². The van der Waals surface area contributed by atoms with Gasteiger partial charge in [-0.05, 0) is 18.4 Å². The number of hydrogen-bond acceptors (Lipinski definition) is 3. The van der Waals surface area contributed by atoms with Crippen LogP contribution < -0.4 is 0 Å².